The third-order valence-corrected chi connectivity index (χ3v) is 3.85. The van der Waals surface area contributed by atoms with Crippen molar-refractivity contribution in [3.63, 3.8) is 0 Å². The molecule has 1 aromatic rings. The number of hydrogen-bond acceptors (Lipinski definition) is 4. The van der Waals surface area contributed by atoms with Gasteiger partial charge in [0.1, 0.15) is 6.29 Å². The Kier molecular flexibility index (Phi) is 5.59. The largest absolute Gasteiger partial charge is 0.396 e. The first kappa shape index (κ1) is 11.5. The second-order valence-electron chi connectivity index (χ2n) is 2.58. The van der Waals surface area contributed by atoms with E-state index in [2.05, 4.69) is 0 Å². The van der Waals surface area contributed by atoms with E-state index in [-0.39, 0.29) is 6.61 Å². The zero-order chi connectivity index (χ0) is 10.2. The average molecular weight is 228 g/mol. The molecule has 0 aliphatic rings. The first-order valence-corrected chi connectivity index (χ1v) is 6.12. The van der Waals surface area contributed by atoms with Crippen molar-refractivity contribution >= 4 is 35.5 Å². The molecule has 0 radical (unpaired) electrons. The number of thioether (sulfide) groups is 1. The molecule has 0 bridgehead atoms. The summed E-state index contributed by atoms with van der Waals surface area (Å²) in [5.41, 5.74) is 0. The molecule has 1 heterocycles. The SMILES string of the molecule is O=CC=Cc1ccc(SCCCO)s1. The van der Waals surface area contributed by atoms with Crippen molar-refractivity contribution in [1.29, 1.82) is 0 Å². The van der Waals surface area contributed by atoms with Crippen molar-refractivity contribution in [3.05, 3.63) is 23.1 Å². The van der Waals surface area contributed by atoms with E-state index in [0.29, 0.717) is 0 Å². The van der Waals surface area contributed by atoms with Gasteiger partial charge in [-0.05, 0) is 30.7 Å². The van der Waals surface area contributed by atoms with E-state index >= 15 is 0 Å². The molecule has 0 aliphatic heterocycles. The lowest BCUT2D eigenvalue weighted by Gasteiger charge is -1.93. The summed E-state index contributed by atoms with van der Waals surface area (Å²) in [7, 11) is 0. The minimum atomic E-state index is 0.246. The second kappa shape index (κ2) is 6.81. The third kappa shape index (κ3) is 4.09. The van der Waals surface area contributed by atoms with E-state index < -0.39 is 0 Å². The van der Waals surface area contributed by atoms with Crippen LogP contribution in [-0.4, -0.2) is 23.8 Å². The maximum Gasteiger partial charge on any atom is 0.142 e. The average Bonchev–Trinajstić information content (AvgIpc) is 2.63. The minimum Gasteiger partial charge on any atom is -0.396 e. The molecule has 76 valence electrons. The van der Waals surface area contributed by atoms with Gasteiger partial charge in [0.25, 0.3) is 0 Å². The molecule has 0 saturated heterocycles. The van der Waals surface area contributed by atoms with Gasteiger partial charge in [0.15, 0.2) is 0 Å². The lowest BCUT2D eigenvalue weighted by atomic mass is 10.4. The van der Waals surface area contributed by atoms with Gasteiger partial charge in [-0.2, -0.15) is 0 Å². The smallest absolute Gasteiger partial charge is 0.142 e. The Balaban J connectivity index is 2.42. The van der Waals surface area contributed by atoms with Crippen LogP contribution in [-0.2, 0) is 4.79 Å². The zero-order valence-corrected chi connectivity index (χ0v) is 9.31. The van der Waals surface area contributed by atoms with Crippen molar-refractivity contribution < 1.29 is 9.90 Å². The van der Waals surface area contributed by atoms with E-state index in [1.54, 1.807) is 29.2 Å². The van der Waals surface area contributed by atoms with Gasteiger partial charge in [-0.3, -0.25) is 4.79 Å². The van der Waals surface area contributed by atoms with Gasteiger partial charge in [-0.25, -0.2) is 0 Å². The Morgan fingerprint density at radius 1 is 1.50 bits per heavy atom. The lowest BCUT2D eigenvalue weighted by Crippen LogP contribution is -1.83. The van der Waals surface area contributed by atoms with E-state index in [1.165, 1.54) is 10.3 Å². The van der Waals surface area contributed by atoms with Gasteiger partial charge in [0.2, 0.25) is 0 Å². The summed E-state index contributed by atoms with van der Waals surface area (Å²) in [6.07, 6.45) is 4.89. The quantitative estimate of drug-likeness (QED) is 0.352. The maximum absolute atomic E-state index is 10.1. The molecule has 0 aliphatic carbocycles. The van der Waals surface area contributed by atoms with Crippen LogP contribution in [0.25, 0.3) is 6.08 Å². The highest BCUT2D eigenvalue weighted by atomic mass is 32.2. The van der Waals surface area contributed by atoms with Crippen molar-refractivity contribution in [2.75, 3.05) is 12.4 Å². The predicted octanol–water partition coefficient (Wildman–Crippen LogP) is 2.43. The first-order valence-electron chi connectivity index (χ1n) is 4.32. The van der Waals surface area contributed by atoms with Crippen LogP contribution in [0.2, 0.25) is 0 Å². The number of rotatable bonds is 6. The van der Waals surface area contributed by atoms with Crippen LogP contribution in [0.1, 0.15) is 11.3 Å². The Bertz CT molecular complexity index is 305. The Labute approximate surface area is 91.7 Å². The summed E-state index contributed by atoms with van der Waals surface area (Å²) in [6, 6.07) is 4.03. The summed E-state index contributed by atoms with van der Waals surface area (Å²) >= 11 is 3.39. The molecule has 4 heteroatoms. The molecule has 0 spiro atoms. The summed E-state index contributed by atoms with van der Waals surface area (Å²) in [6.45, 7) is 0.246. The first-order chi connectivity index (χ1) is 6.86. The Morgan fingerprint density at radius 3 is 3.07 bits per heavy atom. The third-order valence-electron chi connectivity index (χ3n) is 1.49. The second-order valence-corrected chi connectivity index (χ2v) is 5.09. The van der Waals surface area contributed by atoms with Crippen LogP contribution in [0.3, 0.4) is 0 Å². The Morgan fingerprint density at radius 2 is 2.36 bits per heavy atom. The predicted molar refractivity (Wildman–Crippen MR) is 61.8 cm³/mol. The van der Waals surface area contributed by atoms with Crippen LogP contribution in [0, 0.1) is 0 Å². The number of hydrogen-bond donors (Lipinski definition) is 1. The molecule has 0 saturated carbocycles. The number of carbonyl (C=O) groups is 1. The summed E-state index contributed by atoms with van der Waals surface area (Å²) < 4.78 is 1.23. The highest BCUT2D eigenvalue weighted by molar-refractivity contribution is 8.01. The highest BCUT2D eigenvalue weighted by Gasteiger charge is 1.97. The lowest BCUT2D eigenvalue weighted by molar-refractivity contribution is -0.104. The molecule has 2 nitrogen and oxygen atoms in total. The molecule has 14 heavy (non-hydrogen) atoms. The van der Waals surface area contributed by atoms with Crippen molar-refractivity contribution in [1.82, 2.24) is 0 Å². The fraction of sp³-hybridized carbons (Fsp3) is 0.300. The topological polar surface area (TPSA) is 37.3 Å². The number of thiophene rings is 1. The van der Waals surface area contributed by atoms with Gasteiger partial charge in [-0.15, -0.1) is 23.1 Å². The van der Waals surface area contributed by atoms with Crippen LogP contribution in [0.15, 0.2) is 22.4 Å². The van der Waals surface area contributed by atoms with Crippen LogP contribution < -0.4 is 0 Å². The van der Waals surface area contributed by atoms with E-state index in [0.717, 1.165) is 23.3 Å². The molecule has 0 atom stereocenters. The van der Waals surface area contributed by atoms with Crippen LogP contribution in [0.5, 0.6) is 0 Å². The molecule has 1 aromatic heterocycles. The van der Waals surface area contributed by atoms with Gasteiger partial charge in [0, 0.05) is 17.2 Å². The summed E-state index contributed by atoms with van der Waals surface area (Å²) in [5, 5.41) is 8.61. The Hall–Kier alpha value is -0.580. The standard InChI is InChI=1S/C10H12O2S2/c11-6-1-3-9-4-5-10(14-9)13-8-2-7-12/h1,3-6,12H,2,7-8H2. The van der Waals surface area contributed by atoms with Crippen molar-refractivity contribution in [3.8, 4) is 0 Å². The van der Waals surface area contributed by atoms with Gasteiger partial charge < -0.3 is 5.11 Å². The summed E-state index contributed by atoms with van der Waals surface area (Å²) in [4.78, 5) is 11.2. The fourth-order valence-electron chi connectivity index (χ4n) is 0.873. The van der Waals surface area contributed by atoms with Gasteiger partial charge in [0.05, 0.1) is 4.21 Å². The zero-order valence-electron chi connectivity index (χ0n) is 7.68. The molecular formula is C10H12O2S2. The number of allylic oxidation sites excluding steroid dienone is 1. The maximum atomic E-state index is 10.1. The number of aliphatic hydroxyl groups is 1. The number of aliphatic hydroxyl groups excluding tert-OH is 1. The van der Waals surface area contributed by atoms with Crippen molar-refractivity contribution in [2.45, 2.75) is 10.6 Å². The number of carbonyl (C=O) groups excluding carboxylic acids is 1. The molecule has 0 unspecified atom stereocenters. The van der Waals surface area contributed by atoms with E-state index in [9.17, 15) is 4.79 Å². The molecule has 0 aromatic carbocycles. The highest BCUT2D eigenvalue weighted by Crippen LogP contribution is 2.28. The summed E-state index contributed by atoms with van der Waals surface area (Å²) in [5.74, 6) is 0.938. The minimum absolute atomic E-state index is 0.246. The van der Waals surface area contributed by atoms with E-state index in [4.69, 9.17) is 5.11 Å². The molecule has 1 rings (SSSR count). The van der Waals surface area contributed by atoms with Crippen LogP contribution >= 0.6 is 23.1 Å². The van der Waals surface area contributed by atoms with Crippen molar-refractivity contribution in [2.24, 2.45) is 0 Å². The van der Waals surface area contributed by atoms with Gasteiger partial charge >= 0.3 is 0 Å². The van der Waals surface area contributed by atoms with Gasteiger partial charge in [-0.1, -0.05) is 0 Å². The van der Waals surface area contributed by atoms with Crippen LogP contribution in [0.4, 0.5) is 0 Å². The normalized spacial score (nSPS) is 10.9. The molecule has 0 fully saturated rings. The monoisotopic (exact) mass is 228 g/mol. The molecule has 0 amide bonds. The number of aldehydes is 1. The fourth-order valence-corrected chi connectivity index (χ4v) is 2.94. The molecule has 1 N–H and O–H groups in total. The van der Waals surface area contributed by atoms with E-state index in [1.807, 2.05) is 12.1 Å². The molecular weight excluding hydrogens is 216 g/mol.